The van der Waals surface area contributed by atoms with E-state index in [1.807, 2.05) is 57.5 Å². The van der Waals surface area contributed by atoms with Crippen LogP contribution >= 0.6 is 11.3 Å². The number of carbonyl (C=O) groups excluding carboxylic acids is 3. The highest BCUT2D eigenvalue weighted by atomic mass is 32.1. The molecule has 1 fully saturated rings. The van der Waals surface area contributed by atoms with Crippen LogP contribution in [0.2, 0.25) is 0 Å². The molecular weight excluding hydrogens is 843 g/mol. The van der Waals surface area contributed by atoms with Gasteiger partial charge in [0.2, 0.25) is 17.7 Å². The molecule has 10 nitrogen and oxygen atoms in total. The molecule has 0 radical (unpaired) electrons. The largest absolute Gasteiger partial charge is 0.492 e. The van der Waals surface area contributed by atoms with Crippen LogP contribution in [-0.2, 0) is 20.9 Å². The second-order valence-corrected chi connectivity index (χ2v) is 19.4. The zero-order valence-corrected chi connectivity index (χ0v) is 40.5. The van der Waals surface area contributed by atoms with Gasteiger partial charge in [-0.1, -0.05) is 144 Å². The molecule has 11 heteroatoms. The average Bonchev–Trinajstić information content (AvgIpc) is 3.94. The summed E-state index contributed by atoms with van der Waals surface area (Å²) in [5.41, 5.74) is 10.4. The molecular formula is C55H69N5O5S. The number of unbranched alkanes of at least 4 members (excludes halogenated alkanes) is 4. The fraction of sp³-hybridized carbons (Fsp3) is 0.418. The molecule has 5 aromatic rings. The monoisotopic (exact) mass is 912 g/mol. The van der Waals surface area contributed by atoms with Gasteiger partial charge in [-0.2, -0.15) is 0 Å². The highest BCUT2D eigenvalue weighted by molar-refractivity contribution is 7.13. The van der Waals surface area contributed by atoms with Crippen molar-refractivity contribution in [2.45, 2.75) is 111 Å². The van der Waals surface area contributed by atoms with E-state index in [0.717, 1.165) is 79.1 Å². The van der Waals surface area contributed by atoms with Crippen molar-refractivity contribution in [3.63, 3.8) is 0 Å². The van der Waals surface area contributed by atoms with E-state index >= 15 is 0 Å². The van der Waals surface area contributed by atoms with Crippen LogP contribution in [0.15, 0.2) is 115 Å². The number of hydrogen-bond acceptors (Lipinski definition) is 8. The maximum atomic E-state index is 14.0. The number of amides is 3. The number of thiazole rings is 1. The summed E-state index contributed by atoms with van der Waals surface area (Å²) in [6.45, 7) is 12.6. The Labute approximate surface area is 396 Å². The van der Waals surface area contributed by atoms with Crippen molar-refractivity contribution >= 4 is 40.2 Å². The summed E-state index contributed by atoms with van der Waals surface area (Å²) in [6, 6.07) is 36.0. The molecule has 0 aliphatic carbocycles. The number of likely N-dealkylation sites (tertiary alicyclic amines) is 1. The van der Waals surface area contributed by atoms with Crippen LogP contribution in [-0.4, -0.2) is 89.1 Å². The molecule has 0 spiro atoms. The van der Waals surface area contributed by atoms with Gasteiger partial charge in [-0.05, 0) is 96.3 Å². The van der Waals surface area contributed by atoms with Crippen molar-refractivity contribution < 1.29 is 24.2 Å². The Hall–Kier alpha value is -5.62. The number of rotatable bonds is 22. The van der Waals surface area contributed by atoms with Gasteiger partial charge in [-0.15, -0.1) is 11.3 Å². The molecule has 4 aromatic carbocycles. The smallest absolute Gasteiger partial charge is 0.246 e. The van der Waals surface area contributed by atoms with Crippen molar-refractivity contribution in [3.8, 4) is 16.2 Å². The average molecular weight is 912 g/mol. The van der Waals surface area contributed by atoms with Gasteiger partial charge in [0.25, 0.3) is 0 Å². The van der Waals surface area contributed by atoms with Crippen molar-refractivity contribution in [2.24, 2.45) is 5.41 Å². The molecule has 1 aromatic heterocycles. The Balaban J connectivity index is 0.884. The lowest BCUT2D eigenvalue weighted by Gasteiger charge is -2.35. The number of benzene rings is 4. The van der Waals surface area contributed by atoms with Crippen LogP contribution in [0.1, 0.15) is 107 Å². The molecule has 3 N–H and O–H groups in total. The summed E-state index contributed by atoms with van der Waals surface area (Å²) in [4.78, 5) is 49.9. The third kappa shape index (κ3) is 14.0. The van der Waals surface area contributed by atoms with Crippen molar-refractivity contribution in [3.05, 3.63) is 143 Å². The predicted molar refractivity (Wildman–Crippen MR) is 268 cm³/mol. The first kappa shape index (κ1) is 49.8. The summed E-state index contributed by atoms with van der Waals surface area (Å²) in [5, 5.41) is 16.6. The fourth-order valence-corrected chi connectivity index (χ4v) is 9.46. The molecule has 1 aliphatic rings. The predicted octanol–water partition coefficient (Wildman–Crippen LogP) is 9.95. The molecule has 1 saturated heterocycles. The molecule has 0 unspecified atom stereocenters. The van der Waals surface area contributed by atoms with Gasteiger partial charge in [-0.25, -0.2) is 4.98 Å². The van der Waals surface area contributed by atoms with E-state index in [4.69, 9.17) is 4.74 Å². The lowest BCUT2D eigenvalue weighted by molar-refractivity contribution is -0.144. The molecule has 0 saturated carbocycles. The van der Waals surface area contributed by atoms with Gasteiger partial charge in [0.15, 0.2) is 0 Å². The van der Waals surface area contributed by atoms with E-state index in [1.165, 1.54) is 32.7 Å². The Morgan fingerprint density at radius 3 is 2.12 bits per heavy atom. The number of aliphatic hydroxyl groups is 1. The molecule has 350 valence electrons. The number of carbonyl (C=O) groups is 3. The second-order valence-electron chi connectivity index (χ2n) is 18.6. The minimum absolute atomic E-state index is 0.0439. The third-order valence-corrected chi connectivity index (χ3v) is 13.4. The molecule has 1 aliphatic heterocycles. The number of ether oxygens (including phenoxy) is 1. The van der Waals surface area contributed by atoms with Crippen LogP contribution in [0.25, 0.3) is 21.6 Å². The van der Waals surface area contributed by atoms with E-state index in [0.29, 0.717) is 19.6 Å². The SMILES string of the molecule is CC/C(=C(\c1ccccc1)c1ccc(OCCN(C)CCCCCCCC(=O)N[C@H](C(=O)N2C[C@H](O)C[C@H]2C(=O)NCc2ccc(-c3scnc3C)cc2)C(C)(C)C)cc1)c1ccccc1. The molecule has 66 heavy (non-hydrogen) atoms. The van der Waals surface area contributed by atoms with Gasteiger partial charge in [0.1, 0.15) is 24.4 Å². The summed E-state index contributed by atoms with van der Waals surface area (Å²) >= 11 is 1.59. The van der Waals surface area contributed by atoms with Crippen molar-refractivity contribution in [1.82, 2.24) is 25.4 Å². The van der Waals surface area contributed by atoms with Gasteiger partial charge in [0.05, 0.1) is 22.2 Å². The molecule has 2 heterocycles. The topological polar surface area (TPSA) is 124 Å². The van der Waals surface area contributed by atoms with E-state index in [-0.39, 0.29) is 30.7 Å². The first-order chi connectivity index (χ1) is 31.8. The maximum Gasteiger partial charge on any atom is 0.246 e. The summed E-state index contributed by atoms with van der Waals surface area (Å²) in [6.07, 6.45) is 5.36. The van der Waals surface area contributed by atoms with Gasteiger partial charge >= 0.3 is 0 Å². The van der Waals surface area contributed by atoms with Crippen LogP contribution in [0.3, 0.4) is 0 Å². The zero-order valence-electron chi connectivity index (χ0n) is 39.7. The van der Waals surface area contributed by atoms with Crippen LogP contribution < -0.4 is 15.4 Å². The van der Waals surface area contributed by atoms with Crippen LogP contribution in [0.4, 0.5) is 0 Å². The highest BCUT2D eigenvalue weighted by Gasteiger charge is 2.44. The third-order valence-electron chi connectivity index (χ3n) is 12.4. The Bertz CT molecular complexity index is 2340. The number of aromatic nitrogens is 1. The van der Waals surface area contributed by atoms with Gasteiger partial charge in [-0.3, -0.25) is 14.4 Å². The first-order valence-electron chi connectivity index (χ1n) is 23.6. The minimum atomic E-state index is -0.837. The van der Waals surface area contributed by atoms with E-state index in [9.17, 15) is 19.5 Å². The number of aryl methyl sites for hydroxylation is 1. The molecule has 0 bridgehead atoms. The molecule has 3 amide bonds. The number of likely N-dealkylation sites (N-methyl/N-ethyl adjacent to an activating group) is 1. The summed E-state index contributed by atoms with van der Waals surface area (Å²) < 4.78 is 6.17. The van der Waals surface area contributed by atoms with Crippen LogP contribution in [0.5, 0.6) is 5.75 Å². The van der Waals surface area contributed by atoms with Crippen LogP contribution in [0, 0.1) is 12.3 Å². The molecule has 3 atom stereocenters. The number of aliphatic hydroxyl groups excluding tert-OH is 1. The van der Waals surface area contributed by atoms with E-state index in [1.54, 1.807) is 11.3 Å². The number of hydrogen-bond donors (Lipinski definition) is 3. The maximum absolute atomic E-state index is 14.0. The van der Waals surface area contributed by atoms with Gasteiger partial charge < -0.3 is 30.3 Å². The van der Waals surface area contributed by atoms with E-state index < -0.39 is 23.6 Å². The highest BCUT2D eigenvalue weighted by Crippen LogP contribution is 2.35. The number of allylic oxidation sites excluding steroid dienone is 1. The minimum Gasteiger partial charge on any atom is -0.492 e. The Morgan fingerprint density at radius 2 is 1.48 bits per heavy atom. The zero-order chi connectivity index (χ0) is 47.1. The fourth-order valence-electron chi connectivity index (χ4n) is 8.64. The quantitative estimate of drug-likeness (QED) is 0.0467. The second kappa shape index (κ2) is 24.2. The van der Waals surface area contributed by atoms with Crippen molar-refractivity contribution in [1.29, 1.82) is 0 Å². The van der Waals surface area contributed by atoms with E-state index in [2.05, 4.69) is 119 Å². The number of β-amino-alcohol motifs (C(OH)–C–C–N with tert-alkyl or cyclic N) is 1. The number of nitrogens with one attached hydrogen (secondary N) is 2. The van der Waals surface area contributed by atoms with Gasteiger partial charge in [0, 0.05) is 32.5 Å². The Kier molecular flexibility index (Phi) is 18.3. The lowest BCUT2D eigenvalue weighted by Crippen LogP contribution is -2.57. The first-order valence-corrected chi connectivity index (χ1v) is 24.5. The standard InChI is InChI=1S/C55H69N5O5S/c1-7-47(41-19-13-11-14-20-41)50(42-21-15-12-16-22-42)43-28-30-46(31-29-43)65-34-33-59(6)32-18-10-8-9-17-23-49(62)58-52(55(3,4)5)54(64)60-37-45(61)35-48(60)53(63)56-36-40-24-26-44(27-25-40)51-39(2)57-38-66-51/h11-16,19-22,24-31,38,45,48,52,61H,7-10,17-18,23,32-37H2,1-6H3,(H,56,63)(H,58,62)/b50-47-/t45-,48+,52-/m1/s1. The Morgan fingerprint density at radius 1 is 0.848 bits per heavy atom. The normalized spacial score (nSPS) is 15.9. The van der Waals surface area contributed by atoms with Crippen molar-refractivity contribution in [2.75, 3.05) is 33.3 Å². The summed E-state index contributed by atoms with van der Waals surface area (Å²) in [7, 11) is 2.12. The number of nitrogens with zero attached hydrogens (tertiary/aromatic N) is 3. The summed E-state index contributed by atoms with van der Waals surface area (Å²) in [5.74, 6) is 0.0110. The lowest BCUT2D eigenvalue weighted by atomic mass is 9.85. The molecule has 6 rings (SSSR count).